The maximum atomic E-state index is 12.4. The smallest absolute Gasteiger partial charge is 0.228 e. The number of amides is 2. The average molecular weight is 342 g/mol. The second kappa shape index (κ2) is 6.65. The Morgan fingerprint density at radius 3 is 2.52 bits per heavy atom. The lowest BCUT2D eigenvalue weighted by Gasteiger charge is -2.32. The molecule has 0 spiro atoms. The van der Waals surface area contributed by atoms with Gasteiger partial charge in [0.25, 0.3) is 0 Å². The highest BCUT2D eigenvalue weighted by molar-refractivity contribution is 5.94. The molecule has 2 saturated carbocycles. The van der Waals surface area contributed by atoms with E-state index >= 15 is 0 Å². The summed E-state index contributed by atoms with van der Waals surface area (Å²) in [5.41, 5.74) is 6.19. The van der Waals surface area contributed by atoms with Gasteiger partial charge in [-0.3, -0.25) is 9.59 Å². The lowest BCUT2D eigenvalue weighted by molar-refractivity contribution is -0.122. The molecule has 0 bridgehead atoms. The number of carbonyl (C=O) groups excluding carboxylic acids is 2. The molecule has 2 amide bonds. The SMILES string of the molecule is NC(=O)C1CCCN(c2ccc(NC(=O)C3C4CCCCC43)cn2)C1. The molecular weight excluding hydrogens is 316 g/mol. The molecule has 3 fully saturated rings. The summed E-state index contributed by atoms with van der Waals surface area (Å²) in [6, 6.07) is 3.82. The van der Waals surface area contributed by atoms with Crippen molar-refractivity contribution in [3.05, 3.63) is 18.3 Å². The van der Waals surface area contributed by atoms with Gasteiger partial charge in [-0.05, 0) is 49.7 Å². The number of primary amides is 1. The average Bonchev–Trinajstić information content (AvgIpc) is 3.37. The summed E-state index contributed by atoms with van der Waals surface area (Å²) in [5.74, 6) is 2.08. The molecule has 3 unspecified atom stereocenters. The molecule has 25 heavy (non-hydrogen) atoms. The van der Waals surface area contributed by atoms with Crippen LogP contribution in [0.5, 0.6) is 0 Å². The van der Waals surface area contributed by atoms with Crippen molar-refractivity contribution < 1.29 is 9.59 Å². The predicted octanol–water partition coefficient (Wildman–Crippen LogP) is 2.16. The third-order valence-electron chi connectivity index (χ3n) is 6.12. The number of nitrogens with zero attached hydrogens (tertiary/aromatic N) is 2. The number of carbonyl (C=O) groups is 2. The van der Waals surface area contributed by atoms with Gasteiger partial charge in [0.1, 0.15) is 5.82 Å². The Labute approximate surface area is 148 Å². The molecular formula is C19H26N4O2. The molecule has 4 rings (SSSR count). The number of hydrogen-bond donors (Lipinski definition) is 2. The van der Waals surface area contributed by atoms with Crippen LogP contribution >= 0.6 is 0 Å². The molecule has 6 nitrogen and oxygen atoms in total. The van der Waals surface area contributed by atoms with Crippen LogP contribution in [0.1, 0.15) is 38.5 Å². The second-order valence-corrected chi connectivity index (χ2v) is 7.72. The van der Waals surface area contributed by atoms with E-state index < -0.39 is 0 Å². The zero-order chi connectivity index (χ0) is 17.4. The van der Waals surface area contributed by atoms with Crippen LogP contribution in [-0.2, 0) is 9.59 Å². The van der Waals surface area contributed by atoms with Gasteiger partial charge in [0.05, 0.1) is 17.8 Å². The van der Waals surface area contributed by atoms with Crippen molar-refractivity contribution in [1.82, 2.24) is 4.98 Å². The van der Waals surface area contributed by atoms with Gasteiger partial charge >= 0.3 is 0 Å². The van der Waals surface area contributed by atoms with E-state index in [-0.39, 0.29) is 23.7 Å². The minimum Gasteiger partial charge on any atom is -0.369 e. The van der Waals surface area contributed by atoms with Crippen LogP contribution in [-0.4, -0.2) is 29.9 Å². The Kier molecular flexibility index (Phi) is 4.36. The zero-order valence-corrected chi connectivity index (χ0v) is 14.5. The summed E-state index contributed by atoms with van der Waals surface area (Å²) in [5, 5.41) is 3.02. The van der Waals surface area contributed by atoms with Crippen LogP contribution in [0.2, 0.25) is 0 Å². The van der Waals surface area contributed by atoms with Crippen LogP contribution in [0.25, 0.3) is 0 Å². The van der Waals surface area contributed by atoms with Crippen molar-refractivity contribution in [2.45, 2.75) is 38.5 Å². The highest BCUT2D eigenvalue weighted by Crippen LogP contribution is 2.55. The Bertz CT molecular complexity index is 648. The molecule has 134 valence electrons. The van der Waals surface area contributed by atoms with Gasteiger partial charge in [0, 0.05) is 19.0 Å². The molecule has 6 heteroatoms. The van der Waals surface area contributed by atoms with E-state index in [9.17, 15) is 9.59 Å². The molecule has 2 heterocycles. The van der Waals surface area contributed by atoms with E-state index in [2.05, 4.69) is 15.2 Å². The number of nitrogens with one attached hydrogen (secondary N) is 1. The molecule has 0 aromatic carbocycles. The third kappa shape index (κ3) is 3.34. The summed E-state index contributed by atoms with van der Waals surface area (Å²) in [6.07, 6.45) is 8.45. The number of hydrogen-bond acceptors (Lipinski definition) is 4. The fraction of sp³-hybridized carbons (Fsp3) is 0.632. The number of nitrogens with two attached hydrogens (primary N) is 1. The van der Waals surface area contributed by atoms with E-state index in [1.54, 1.807) is 6.20 Å². The summed E-state index contributed by atoms with van der Waals surface area (Å²) < 4.78 is 0. The topological polar surface area (TPSA) is 88.3 Å². The van der Waals surface area contributed by atoms with Gasteiger partial charge < -0.3 is 16.0 Å². The van der Waals surface area contributed by atoms with Crippen LogP contribution < -0.4 is 16.0 Å². The fourth-order valence-electron chi connectivity index (χ4n) is 4.67. The lowest BCUT2D eigenvalue weighted by Crippen LogP contribution is -2.41. The van der Waals surface area contributed by atoms with Crippen LogP contribution in [0, 0.1) is 23.7 Å². The van der Waals surface area contributed by atoms with Crippen LogP contribution in [0.3, 0.4) is 0 Å². The minimum absolute atomic E-state index is 0.104. The number of piperidine rings is 1. The van der Waals surface area contributed by atoms with Crippen molar-refractivity contribution in [2.75, 3.05) is 23.3 Å². The van der Waals surface area contributed by atoms with E-state index in [4.69, 9.17) is 5.73 Å². The molecule has 1 aliphatic heterocycles. The summed E-state index contributed by atoms with van der Waals surface area (Å²) in [4.78, 5) is 30.4. The number of rotatable bonds is 4. The molecule has 1 aromatic rings. The van der Waals surface area contributed by atoms with E-state index in [0.717, 1.165) is 30.9 Å². The van der Waals surface area contributed by atoms with Crippen molar-refractivity contribution in [1.29, 1.82) is 0 Å². The lowest BCUT2D eigenvalue weighted by atomic mass is 9.97. The maximum absolute atomic E-state index is 12.4. The zero-order valence-electron chi connectivity index (χ0n) is 14.5. The molecule has 3 N–H and O–H groups in total. The van der Waals surface area contributed by atoms with Crippen LogP contribution in [0.15, 0.2) is 18.3 Å². The molecule has 3 atom stereocenters. The second-order valence-electron chi connectivity index (χ2n) is 7.72. The standard InChI is InChI=1S/C19H26N4O2/c20-18(24)12-4-3-9-23(11-12)16-8-7-13(10-21-16)22-19(25)17-14-5-1-2-6-15(14)17/h7-8,10,12,14-15,17H,1-6,9,11H2,(H2,20,24)(H,22,25). The number of pyridine rings is 1. The Morgan fingerprint density at radius 2 is 1.88 bits per heavy atom. The Hall–Kier alpha value is -2.11. The minimum atomic E-state index is -0.237. The molecule has 0 radical (unpaired) electrons. The predicted molar refractivity (Wildman–Crippen MR) is 95.9 cm³/mol. The van der Waals surface area contributed by atoms with Crippen LogP contribution in [0.4, 0.5) is 11.5 Å². The van der Waals surface area contributed by atoms with Crippen molar-refractivity contribution in [3.8, 4) is 0 Å². The van der Waals surface area contributed by atoms with E-state index in [1.165, 1.54) is 25.7 Å². The van der Waals surface area contributed by atoms with Crippen molar-refractivity contribution in [2.24, 2.45) is 29.4 Å². The number of anilines is 2. The van der Waals surface area contributed by atoms with E-state index in [0.29, 0.717) is 18.4 Å². The first kappa shape index (κ1) is 16.4. The molecule has 3 aliphatic rings. The van der Waals surface area contributed by atoms with Gasteiger partial charge in [0.15, 0.2) is 0 Å². The highest BCUT2D eigenvalue weighted by atomic mass is 16.2. The van der Waals surface area contributed by atoms with Gasteiger partial charge in [0.2, 0.25) is 11.8 Å². The van der Waals surface area contributed by atoms with Crippen molar-refractivity contribution in [3.63, 3.8) is 0 Å². The molecule has 1 saturated heterocycles. The maximum Gasteiger partial charge on any atom is 0.228 e. The Balaban J connectivity index is 1.35. The fourth-order valence-corrected chi connectivity index (χ4v) is 4.67. The first-order chi connectivity index (χ1) is 12.1. The van der Waals surface area contributed by atoms with Gasteiger partial charge in [-0.1, -0.05) is 12.8 Å². The van der Waals surface area contributed by atoms with Gasteiger partial charge in [-0.25, -0.2) is 4.98 Å². The normalized spacial score (nSPS) is 31.1. The number of fused-ring (bicyclic) bond motifs is 1. The molecule has 1 aromatic heterocycles. The first-order valence-corrected chi connectivity index (χ1v) is 9.44. The van der Waals surface area contributed by atoms with Gasteiger partial charge in [-0.2, -0.15) is 0 Å². The quantitative estimate of drug-likeness (QED) is 0.877. The van der Waals surface area contributed by atoms with E-state index in [1.807, 2.05) is 12.1 Å². The first-order valence-electron chi connectivity index (χ1n) is 9.44. The summed E-state index contributed by atoms with van der Waals surface area (Å²) >= 11 is 0. The largest absolute Gasteiger partial charge is 0.369 e. The molecule has 2 aliphatic carbocycles. The monoisotopic (exact) mass is 342 g/mol. The summed E-state index contributed by atoms with van der Waals surface area (Å²) in [7, 11) is 0. The Morgan fingerprint density at radius 1 is 1.12 bits per heavy atom. The van der Waals surface area contributed by atoms with Crippen molar-refractivity contribution >= 4 is 23.3 Å². The number of aromatic nitrogens is 1. The highest BCUT2D eigenvalue weighted by Gasteiger charge is 2.54. The van der Waals surface area contributed by atoms with Gasteiger partial charge in [-0.15, -0.1) is 0 Å². The third-order valence-corrected chi connectivity index (χ3v) is 6.12. The summed E-state index contributed by atoms with van der Waals surface area (Å²) in [6.45, 7) is 1.51.